The monoisotopic (exact) mass is 474 g/mol. The molecule has 4 rings (SSSR count). The Morgan fingerprint density at radius 1 is 0.686 bits per heavy atom. The number of carbonyl (C=O) groups excluding carboxylic acids is 2. The van der Waals surface area contributed by atoms with Crippen LogP contribution in [0.15, 0.2) is 48.5 Å². The lowest BCUT2D eigenvalue weighted by Crippen LogP contribution is -2.15. The standard InChI is InChI=1S/C31H42N2O2/c1-20(2)5-11-24-18-28(24)30(34)32-26-13-7-22(8-14-26)17-23-9-15-27(16-10-23)33-31(35)29-19-25(29)12-6-21(3)4/h7-10,13-16,20-21,24-25,28-29H,5-6,11-12,17-19H2,1-4H3,(H,32,34)(H,33,35). The van der Waals surface area contributed by atoms with Crippen LogP contribution in [0.3, 0.4) is 0 Å². The van der Waals surface area contributed by atoms with Gasteiger partial charge in [-0.2, -0.15) is 0 Å². The maximum atomic E-state index is 12.5. The minimum atomic E-state index is 0.168. The number of carbonyl (C=O) groups is 2. The summed E-state index contributed by atoms with van der Waals surface area (Å²) in [4.78, 5) is 25.0. The topological polar surface area (TPSA) is 58.2 Å². The van der Waals surface area contributed by atoms with Gasteiger partial charge in [0.1, 0.15) is 0 Å². The Labute approximate surface area is 211 Å². The quantitative estimate of drug-likeness (QED) is 0.339. The molecule has 2 aromatic rings. The second kappa shape index (κ2) is 11.4. The number of nitrogens with one attached hydrogen (secondary N) is 2. The van der Waals surface area contributed by atoms with Gasteiger partial charge in [0.05, 0.1) is 0 Å². The van der Waals surface area contributed by atoms with Crippen LogP contribution in [0.25, 0.3) is 0 Å². The van der Waals surface area contributed by atoms with Crippen molar-refractivity contribution in [1.29, 1.82) is 0 Å². The highest BCUT2D eigenvalue weighted by Crippen LogP contribution is 2.44. The van der Waals surface area contributed by atoms with Gasteiger partial charge in [-0.15, -0.1) is 0 Å². The third-order valence-corrected chi connectivity index (χ3v) is 7.60. The average Bonchev–Trinajstić information content (AvgIpc) is 3.73. The van der Waals surface area contributed by atoms with Gasteiger partial charge in [-0.05, 0) is 91.2 Å². The zero-order chi connectivity index (χ0) is 24.9. The van der Waals surface area contributed by atoms with Gasteiger partial charge in [0.2, 0.25) is 11.8 Å². The minimum absolute atomic E-state index is 0.168. The van der Waals surface area contributed by atoms with E-state index in [1.807, 2.05) is 24.3 Å². The number of amides is 2. The van der Waals surface area contributed by atoms with E-state index in [9.17, 15) is 9.59 Å². The summed E-state index contributed by atoms with van der Waals surface area (Å²) in [5, 5.41) is 6.18. The molecule has 2 fully saturated rings. The molecule has 0 aliphatic heterocycles. The summed E-state index contributed by atoms with van der Waals surface area (Å²) in [5.74, 6) is 3.27. The number of anilines is 2. The largest absolute Gasteiger partial charge is 0.326 e. The maximum absolute atomic E-state index is 12.5. The van der Waals surface area contributed by atoms with Crippen LogP contribution < -0.4 is 10.6 Å². The molecule has 35 heavy (non-hydrogen) atoms. The first kappa shape index (κ1) is 25.5. The lowest BCUT2D eigenvalue weighted by molar-refractivity contribution is -0.118. The van der Waals surface area contributed by atoms with Crippen molar-refractivity contribution in [3.05, 3.63) is 59.7 Å². The number of benzene rings is 2. The van der Waals surface area contributed by atoms with E-state index in [2.05, 4.69) is 62.6 Å². The first-order valence-corrected chi connectivity index (χ1v) is 13.6. The Balaban J connectivity index is 1.20. The molecule has 0 aromatic heterocycles. The van der Waals surface area contributed by atoms with Crippen molar-refractivity contribution in [2.24, 2.45) is 35.5 Å². The smallest absolute Gasteiger partial charge is 0.227 e. The van der Waals surface area contributed by atoms with Crippen LogP contribution in [0.5, 0.6) is 0 Å². The molecule has 2 amide bonds. The number of rotatable bonds is 12. The Kier molecular flexibility index (Phi) is 8.30. The number of hydrogen-bond donors (Lipinski definition) is 2. The Morgan fingerprint density at radius 3 is 1.40 bits per heavy atom. The molecule has 188 valence electrons. The lowest BCUT2D eigenvalue weighted by Gasteiger charge is -2.09. The van der Waals surface area contributed by atoms with Gasteiger partial charge in [-0.3, -0.25) is 9.59 Å². The van der Waals surface area contributed by atoms with Gasteiger partial charge in [0.15, 0.2) is 0 Å². The summed E-state index contributed by atoms with van der Waals surface area (Å²) in [6.07, 6.45) is 7.63. The molecule has 0 spiro atoms. The van der Waals surface area contributed by atoms with E-state index in [1.165, 1.54) is 24.0 Å². The van der Waals surface area contributed by atoms with Crippen molar-refractivity contribution < 1.29 is 9.59 Å². The van der Waals surface area contributed by atoms with Gasteiger partial charge in [-0.1, -0.05) is 64.8 Å². The molecule has 0 heterocycles. The van der Waals surface area contributed by atoms with Crippen LogP contribution in [-0.2, 0) is 16.0 Å². The molecule has 0 bridgehead atoms. The van der Waals surface area contributed by atoms with Gasteiger partial charge in [0, 0.05) is 23.2 Å². The van der Waals surface area contributed by atoms with Crippen molar-refractivity contribution in [2.75, 3.05) is 10.6 Å². The van der Waals surface area contributed by atoms with Crippen molar-refractivity contribution in [3.63, 3.8) is 0 Å². The van der Waals surface area contributed by atoms with Gasteiger partial charge in [0.25, 0.3) is 0 Å². The summed E-state index contributed by atoms with van der Waals surface area (Å²) < 4.78 is 0. The van der Waals surface area contributed by atoms with Crippen LogP contribution in [0.2, 0.25) is 0 Å². The molecule has 4 atom stereocenters. The molecule has 4 unspecified atom stereocenters. The molecule has 0 saturated heterocycles. The van der Waals surface area contributed by atoms with E-state index in [-0.39, 0.29) is 23.7 Å². The van der Waals surface area contributed by atoms with E-state index in [1.54, 1.807) is 0 Å². The molecule has 0 radical (unpaired) electrons. The molecule has 2 saturated carbocycles. The fraction of sp³-hybridized carbons (Fsp3) is 0.548. The molecule has 2 N–H and O–H groups in total. The zero-order valence-corrected chi connectivity index (χ0v) is 21.8. The summed E-state index contributed by atoms with van der Waals surface area (Å²) in [6, 6.07) is 16.3. The Hall–Kier alpha value is -2.62. The van der Waals surface area contributed by atoms with E-state index in [4.69, 9.17) is 0 Å². The third-order valence-electron chi connectivity index (χ3n) is 7.60. The second-order valence-electron chi connectivity index (χ2n) is 11.7. The van der Waals surface area contributed by atoms with Gasteiger partial charge >= 0.3 is 0 Å². The Bertz CT molecular complexity index is 912. The molecule has 4 nitrogen and oxygen atoms in total. The van der Waals surface area contributed by atoms with Crippen molar-refractivity contribution >= 4 is 23.2 Å². The minimum Gasteiger partial charge on any atom is -0.326 e. The van der Waals surface area contributed by atoms with Gasteiger partial charge < -0.3 is 10.6 Å². The molecule has 4 heteroatoms. The molecule has 2 aliphatic carbocycles. The van der Waals surface area contributed by atoms with Crippen LogP contribution in [0.4, 0.5) is 11.4 Å². The van der Waals surface area contributed by atoms with Crippen LogP contribution in [0.1, 0.15) is 77.3 Å². The Morgan fingerprint density at radius 2 is 1.06 bits per heavy atom. The average molecular weight is 475 g/mol. The SMILES string of the molecule is CC(C)CCC1CC1C(=O)Nc1ccc(Cc2ccc(NC(=O)C3CC3CCC(C)C)cc2)cc1. The lowest BCUT2D eigenvalue weighted by atomic mass is 10.0. The molecule has 2 aliphatic rings. The van der Waals surface area contributed by atoms with E-state index >= 15 is 0 Å². The van der Waals surface area contributed by atoms with Crippen molar-refractivity contribution in [1.82, 2.24) is 0 Å². The van der Waals surface area contributed by atoms with E-state index < -0.39 is 0 Å². The fourth-order valence-corrected chi connectivity index (χ4v) is 4.99. The van der Waals surface area contributed by atoms with Crippen LogP contribution in [0, 0.1) is 35.5 Å². The normalized spacial score (nSPS) is 22.8. The van der Waals surface area contributed by atoms with Crippen LogP contribution in [-0.4, -0.2) is 11.8 Å². The third kappa shape index (κ3) is 7.68. The van der Waals surface area contributed by atoms with Crippen molar-refractivity contribution in [2.45, 2.75) is 72.6 Å². The highest BCUT2D eigenvalue weighted by Gasteiger charge is 2.43. The van der Waals surface area contributed by atoms with Gasteiger partial charge in [-0.25, -0.2) is 0 Å². The highest BCUT2D eigenvalue weighted by molar-refractivity contribution is 5.95. The first-order valence-electron chi connectivity index (χ1n) is 13.6. The molecular weight excluding hydrogens is 432 g/mol. The van der Waals surface area contributed by atoms with Crippen molar-refractivity contribution in [3.8, 4) is 0 Å². The van der Waals surface area contributed by atoms with E-state index in [0.29, 0.717) is 23.7 Å². The van der Waals surface area contributed by atoms with E-state index in [0.717, 1.165) is 43.5 Å². The summed E-state index contributed by atoms with van der Waals surface area (Å²) in [7, 11) is 0. The number of hydrogen-bond acceptors (Lipinski definition) is 2. The highest BCUT2D eigenvalue weighted by atomic mass is 16.2. The molecule has 2 aromatic carbocycles. The molecular formula is C31H42N2O2. The predicted molar refractivity (Wildman–Crippen MR) is 144 cm³/mol. The summed E-state index contributed by atoms with van der Waals surface area (Å²) in [5.41, 5.74) is 4.15. The second-order valence-corrected chi connectivity index (χ2v) is 11.7. The summed E-state index contributed by atoms with van der Waals surface area (Å²) >= 11 is 0. The first-order chi connectivity index (χ1) is 16.8. The summed E-state index contributed by atoms with van der Waals surface area (Å²) in [6.45, 7) is 8.96. The predicted octanol–water partition coefficient (Wildman–Crippen LogP) is 7.30. The zero-order valence-electron chi connectivity index (χ0n) is 21.8. The fourth-order valence-electron chi connectivity index (χ4n) is 4.99. The van der Waals surface area contributed by atoms with Crippen LogP contribution >= 0.6 is 0 Å². The maximum Gasteiger partial charge on any atom is 0.227 e.